The molecule has 1 unspecified atom stereocenters. The summed E-state index contributed by atoms with van der Waals surface area (Å²) in [6.45, 7) is 4.87. The number of rotatable bonds is 5. The van der Waals surface area contributed by atoms with Crippen molar-refractivity contribution in [1.29, 1.82) is 0 Å². The van der Waals surface area contributed by atoms with Crippen molar-refractivity contribution in [3.05, 3.63) is 99.2 Å². The van der Waals surface area contributed by atoms with E-state index < -0.39 is 0 Å². The average molecular weight is 539 g/mol. The number of nitrogens with zero attached hydrogens (tertiary/aromatic N) is 2. The molecule has 0 amide bonds. The highest BCUT2D eigenvalue weighted by molar-refractivity contribution is 5.82. The number of pyridine rings is 1. The number of likely N-dealkylation sites (tertiary alicyclic amines) is 1. The molecule has 2 aliphatic rings. The van der Waals surface area contributed by atoms with Crippen molar-refractivity contribution in [2.75, 3.05) is 26.3 Å². The Kier molecular flexibility index (Phi) is 6.27. The molecular weight excluding hydrogens is 507 g/mol. The van der Waals surface area contributed by atoms with Crippen LogP contribution in [0.1, 0.15) is 54.1 Å². The molecule has 0 spiro atoms. The van der Waals surface area contributed by atoms with Crippen LogP contribution < -0.4 is 15.0 Å². The number of aromatic amines is 2. The molecule has 1 fully saturated rings. The minimum Gasteiger partial charge on any atom is -0.486 e. The van der Waals surface area contributed by atoms with E-state index in [4.69, 9.17) is 9.47 Å². The number of piperidine rings is 1. The Hall–Kier alpha value is -4.17. The zero-order chi connectivity index (χ0) is 27.2. The molecular formula is C32H31FN4O3. The van der Waals surface area contributed by atoms with Crippen molar-refractivity contribution >= 4 is 21.8 Å². The van der Waals surface area contributed by atoms with Crippen LogP contribution in [0.5, 0.6) is 11.5 Å². The SMILES string of the molecule is CCc1cc2cc(C(c3ccc4c(c3)OCCO4)N3CCC(c4[nH]nc5cc(F)ccc45)CC3)ccc2[nH]c1=O. The van der Waals surface area contributed by atoms with Gasteiger partial charge in [-0.25, -0.2) is 4.39 Å². The number of H-pyrrole nitrogens is 2. The lowest BCUT2D eigenvalue weighted by Crippen LogP contribution is -2.37. The van der Waals surface area contributed by atoms with Crippen molar-refractivity contribution in [3.8, 4) is 11.5 Å². The van der Waals surface area contributed by atoms with E-state index in [9.17, 15) is 9.18 Å². The number of hydrogen-bond donors (Lipinski definition) is 2. The summed E-state index contributed by atoms with van der Waals surface area (Å²) >= 11 is 0. The second-order valence-corrected chi connectivity index (χ2v) is 10.7. The van der Waals surface area contributed by atoms with E-state index in [1.54, 1.807) is 0 Å². The number of fused-ring (bicyclic) bond motifs is 3. The maximum absolute atomic E-state index is 13.7. The fourth-order valence-electron chi connectivity index (χ4n) is 6.31. The molecule has 40 heavy (non-hydrogen) atoms. The van der Waals surface area contributed by atoms with Gasteiger partial charge >= 0.3 is 0 Å². The Labute approximate surface area is 230 Å². The molecule has 0 saturated carbocycles. The number of aryl methyl sites for hydroxylation is 1. The van der Waals surface area contributed by atoms with Crippen LogP contribution in [0.4, 0.5) is 4.39 Å². The highest BCUT2D eigenvalue weighted by Gasteiger charge is 2.30. The Morgan fingerprint density at radius 1 is 0.975 bits per heavy atom. The normalized spacial score (nSPS) is 16.9. The molecule has 7 rings (SSSR count). The smallest absolute Gasteiger partial charge is 0.251 e. The second-order valence-electron chi connectivity index (χ2n) is 10.7. The highest BCUT2D eigenvalue weighted by Crippen LogP contribution is 2.40. The zero-order valence-corrected chi connectivity index (χ0v) is 22.4. The van der Waals surface area contributed by atoms with Gasteiger partial charge in [0.1, 0.15) is 19.0 Å². The van der Waals surface area contributed by atoms with Gasteiger partial charge in [0.05, 0.1) is 11.6 Å². The summed E-state index contributed by atoms with van der Waals surface area (Å²) in [4.78, 5) is 18.0. The van der Waals surface area contributed by atoms with Gasteiger partial charge in [-0.15, -0.1) is 0 Å². The van der Waals surface area contributed by atoms with Crippen molar-refractivity contribution in [2.24, 2.45) is 0 Å². The third-order valence-electron chi connectivity index (χ3n) is 8.37. The monoisotopic (exact) mass is 538 g/mol. The first-order valence-electron chi connectivity index (χ1n) is 14.0. The standard InChI is InChI=1S/C32H31FN4O3/c1-2-19-15-23-16-21(3-7-26(23)34-32(19)38)31(22-4-8-28-29(17-22)40-14-13-39-28)37-11-9-20(10-12-37)30-25-6-5-24(33)18-27(25)35-36-30/h3-8,15-18,20,31H,2,9-14H2,1H3,(H,34,38)(H,35,36). The molecule has 5 aromatic rings. The Balaban J connectivity index is 1.24. The summed E-state index contributed by atoms with van der Waals surface area (Å²) < 4.78 is 25.5. The number of ether oxygens (including phenoxy) is 2. The minimum atomic E-state index is -0.270. The maximum atomic E-state index is 13.7. The Morgan fingerprint density at radius 2 is 1.75 bits per heavy atom. The Bertz CT molecular complexity index is 1770. The predicted octanol–water partition coefficient (Wildman–Crippen LogP) is 5.85. The summed E-state index contributed by atoms with van der Waals surface area (Å²) in [5, 5.41) is 9.59. The van der Waals surface area contributed by atoms with Crippen LogP contribution in [0.25, 0.3) is 21.8 Å². The number of nitrogens with one attached hydrogen (secondary N) is 2. The lowest BCUT2D eigenvalue weighted by Gasteiger charge is -2.38. The van der Waals surface area contributed by atoms with Gasteiger partial charge in [0.25, 0.3) is 5.56 Å². The number of benzene rings is 3. The van der Waals surface area contributed by atoms with Gasteiger partial charge < -0.3 is 14.5 Å². The molecule has 2 N–H and O–H groups in total. The van der Waals surface area contributed by atoms with Crippen LogP contribution in [-0.4, -0.2) is 46.4 Å². The van der Waals surface area contributed by atoms with Crippen LogP contribution in [0, 0.1) is 5.82 Å². The molecule has 2 aliphatic heterocycles. The molecule has 1 saturated heterocycles. The summed E-state index contributed by atoms with van der Waals surface area (Å²) in [5.74, 6) is 1.60. The molecule has 8 heteroatoms. The van der Waals surface area contributed by atoms with Crippen LogP contribution >= 0.6 is 0 Å². The molecule has 0 radical (unpaired) electrons. The van der Waals surface area contributed by atoms with E-state index in [-0.39, 0.29) is 17.4 Å². The van der Waals surface area contributed by atoms with Gasteiger partial charge in [-0.2, -0.15) is 5.10 Å². The quantitative estimate of drug-likeness (QED) is 0.294. The lowest BCUT2D eigenvalue weighted by molar-refractivity contribution is 0.165. The van der Waals surface area contributed by atoms with E-state index in [0.717, 1.165) is 70.5 Å². The second kappa shape index (κ2) is 10.1. The lowest BCUT2D eigenvalue weighted by atomic mass is 9.88. The molecule has 204 valence electrons. The van der Waals surface area contributed by atoms with Gasteiger partial charge in [0.2, 0.25) is 0 Å². The fourth-order valence-corrected chi connectivity index (χ4v) is 6.31. The summed E-state index contributed by atoms with van der Waals surface area (Å²) in [7, 11) is 0. The van der Waals surface area contributed by atoms with Crippen molar-refractivity contribution in [3.63, 3.8) is 0 Å². The molecule has 4 heterocycles. The van der Waals surface area contributed by atoms with Crippen LogP contribution in [0.3, 0.4) is 0 Å². The number of aromatic nitrogens is 3. The third kappa shape index (κ3) is 4.42. The van der Waals surface area contributed by atoms with Gasteiger partial charge in [0, 0.05) is 34.1 Å². The van der Waals surface area contributed by atoms with Gasteiger partial charge in [-0.05, 0) is 91.3 Å². The van der Waals surface area contributed by atoms with E-state index in [2.05, 4.69) is 44.3 Å². The first-order valence-corrected chi connectivity index (χ1v) is 14.0. The van der Waals surface area contributed by atoms with Crippen molar-refractivity contribution < 1.29 is 13.9 Å². The molecule has 1 atom stereocenters. The Morgan fingerprint density at radius 3 is 2.58 bits per heavy atom. The van der Waals surface area contributed by atoms with E-state index in [1.807, 2.05) is 31.2 Å². The van der Waals surface area contributed by atoms with Gasteiger partial charge in [-0.1, -0.05) is 19.1 Å². The third-order valence-corrected chi connectivity index (χ3v) is 8.37. The number of hydrogen-bond acceptors (Lipinski definition) is 5. The predicted molar refractivity (Wildman–Crippen MR) is 153 cm³/mol. The zero-order valence-electron chi connectivity index (χ0n) is 22.4. The molecule has 0 bridgehead atoms. The van der Waals surface area contributed by atoms with E-state index in [1.165, 1.54) is 17.7 Å². The maximum Gasteiger partial charge on any atom is 0.251 e. The van der Waals surface area contributed by atoms with Crippen LogP contribution in [-0.2, 0) is 6.42 Å². The summed E-state index contributed by atoms with van der Waals surface area (Å²) in [5.41, 5.74) is 5.67. The summed E-state index contributed by atoms with van der Waals surface area (Å²) in [6.07, 6.45) is 2.59. The first kappa shape index (κ1) is 24.8. The summed E-state index contributed by atoms with van der Waals surface area (Å²) in [6, 6.07) is 19.4. The number of halogens is 1. The largest absolute Gasteiger partial charge is 0.486 e. The van der Waals surface area contributed by atoms with Crippen molar-refractivity contribution in [1.82, 2.24) is 20.1 Å². The molecule has 7 nitrogen and oxygen atoms in total. The average Bonchev–Trinajstić information content (AvgIpc) is 3.40. The molecule has 2 aromatic heterocycles. The minimum absolute atomic E-state index is 0.00536. The van der Waals surface area contributed by atoms with E-state index in [0.29, 0.717) is 31.1 Å². The first-order chi connectivity index (χ1) is 19.6. The van der Waals surface area contributed by atoms with Gasteiger partial charge in [-0.3, -0.25) is 14.8 Å². The fraction of sp³-hybridized carbons (Fsp3) is 0.312. The van der Waals surface area contributed by atoms with Gasteiger partial charge in [0.15, 0.2) is 11.5 Å². The highest BCUT2D eigenvalue weighted by atomic mass is 19.1. The van der Waals surface area contributed by atoms with Crippen molar-refractivity contribution in [2.45, 2.75) is 38.1 Å². The molecule has 0 aliphatic carbocycles. The van der Waals surface area contributed by atoms with E-state index >= 15 is 0 Å². The van der Waals surface area contributed by atoms with Crippen LogP contribution in [0.2, 0.25) is 0 Å². The molecule has 3 aromatic carbocycles. The topological polar surface area (TPSA) is 83.2 Å². The van der Waals surface area contributed by atoms with Crippen LogP contribution in [0.15, 0.2) is 65.5 Å².